The van der Waals surface area contributed by atoms with E-state index in [2.05, 4.69) is 69.7 Å². The van der Waals surface area contributed by atoms with Gasteiger partial charge in [-0.1, -0.05) is 61.9 Å². The SMILES string of the molecule is C=C(N1CCSCC1)N(Cc1ccc(C2=NN=C(C(F)F)C2)cc1)c1ccc(C2=CCN(S)CC2)cc1. The van der Waals surface area contributed by atoms with Gasteiger partial charge in [-0.3, -0.25) is 0 Å². The molecule has 2 aromatic rings. The van der Waals surface area contributed by atoms with Crippen LogP contribution >= 0.6 is 24.6 Å². The van der Waals surface area contributed by atoms with Gasteiger partial charge in [0, 0.05) is 56.3 Å². The molecule has 0 amide bonds. The zero-order valence-electron chi connectivity index (χ0n) is 20.7. The third-order valence-electron chi connectivity index (χ3n) is 6.95. The molecule has 0 atom stereocenters. The van der Waals surface area contributed by atoms with Crippen molar-refractivity contribution in [1.82, 2.24) is 9.21 Å². The van der Waals surface area contributed by atoms with Gasteiger partial charge in [0.15, 0.2) is 0 Å². The second kappa shape index (κ2) is 11.8. The summed E-state index contributed by atoms with van der Waals surface area (Å²) >= 11 is 6.42. The van der Waals surface area contributed by atoms with Gasteiger partial charge >= 0.3 is 0 Å². The van der Waals surface area contributed by atoms with Crippen LogP contribution in [0.1, 0.15) is 29.5 Å². The van der Waals surface area contributed by atoms with Crippen molar-refractivity contribution in [2.24, 2.45) is 10.2 Å². The zero-order valence-corrected chi connectivity index (χ0v) is 22.4. The van der Waals surface area contributed by atoms with E-state index in [-0.39, 0.29) is 12.1 Å². The Bertz CT molecular complexity index is 1200. The van der Waals surface area contributed by atoms with E-state index in [0.29, 0.717) is 12.3 Å². The third-order valence-corrected chi connectivity index (χ3v) is 8.26. The largest absolute Gasteiger partial charge is 0.357 e. The molecule has 0 bridgehead atoms. The third kappa shape index (κ3) is 6.27. The molecule has 5 rings (SSSR count). The molecule has 9 heteroatoms. The second-order valence-corrected chi connectivity index (χ2v) is 11.1. The number of nitrogens with zero attached hydrogens (tertiary/aromatic N) is 5. The van der Waals surface area contributed by atoms with Gasteiger partial charge < -0.3 is 9.80 Å². The fourth-order valence-corrected chi connectivity index (χ4v) is 5.82. The first-order chi connectivity index (χ1) is 18.0. The van der Waals surface area contributed by atoms with Crippen LogP contribution in [-0.4, -0.2) is 64.7 Å². The number of rotatable bonds is 8. The summed E-state index contributed by atoms with van der Waals surface area (Å²) in [5.74, 6) is 3.19. The fourth-order valence-electron chi connectivity index (χ4n) is 4.73. The van der Waals surface area contributed by atoms with Crippen LogP contribution in [-0.2, 0) is 6.54 Å². The Labute approximate surface area is 227 Å². The van der Waals surface area contributed by atoms with Gasteiger partial charge in [0.05, 0.1) is 5.71 Å². The first-order valence-corrected chi connectivity index (χ1v) is 14.1. The Hall–Kier alpha value is -2.62. The summed E-state index contributed by atoms with van der Waals surface area (Å²) in [7, 11) is 0. The first-order valence-electron chi connectivity index (χ1n) is 12.5. The summed E-state index contributed by atoms with van der Waals surface area (Å²) in [4.78, 5) is 4.63. The molecule has 0 unspecified atom stereocenters. The van der Waals surface area contributed by atoms with Gasteiger partial charge in [0.1, 0.15) is 11.5 Å². The quantitative estimate of drug-likeness (QED) is 0.420. The summed E-state index contributed by atoms with van der Waals surface area (Å²) in [6.07, 6.45) is 0.777. The molecule has 3 aliphatic heterocycles. The van der Waals surface area contributed by atoms with Crippen molar-refractivity contribution in [3.05, 3.63) is 83.7 Å². The maximum atomic E-state index is 12.9. The summed E-state index contributed by atoms with van der Waals surface area (Å²) in [6, 6.07) is 16.7. The minimum absolute atomic E-state index is 0.0989. The molecule has 0 radical (unpaired) electrons. The number of alkyl halides is 2. The van der Waals surface area contributed by atoms with Crippen molar-refractivity contribution in [2.45, 2.75) is 25.8 Å². The van der Waals surface area contributed by atoms with Gasteiger partial charge in [0.2, 0.25) is 0 Å². The van der Waals surface area contributed by atoms with Crippen molar-refractivity contribution in [1.29, 1.82) is 0 Å². The standard InChI is InChI=1S/C28H31F2N5S2/c1-20(33-14-16-37-17-15-33)35(25-8-6-22(7-9-25)23-10-12-34(36)13-11-23)19-21-2-4-24(5-3-21)26-18-27(28(29)30)32-31-26/h2-10,28,36H,1,11-19H2. The van der Waals surface area contributed by atoms with Crippen LogP contribution in [0.2, 0.25) is 0 Å². The smallest absolute Gasteiger partial charge is 0.278 e. The minimum atomic E-state index is -2.56. The average Bonchev–Trinajstić information content (AvgIpc) is 3.44. The number of thioether (sulfide) groups is 1. The van der Waals surface area contributed by atoms with Crippen LogP contribution in [0, 0.1) is 0 Å². The lowest BCUT2D eigenvalue weighted by Crippen LogP contribution is -2.39. The average molecular weight is 540 g/mol. The van der Waals surface area contributed by atoms with Crippen LogP contribution < -0.4 is 4.90 Å². The number of halogens is 2. The Morgan fingerprint density at radius 2 is 1.70 bits per heavy atom. The van der Waals surface area contributed by atoms with E-state index in [1.54, 1.807) is 0 Å². The van der Waals surface area contributed by atoms with Crippen molar-refractivity contribution < 1.29 is 8.78 Å². The summed E-state index contributed by atoms with van der Waals surface area (Å²) in [6.45, 7) is 8.92. The van der Waals surface area contributed by atoms with Crippen LogP contribution in [0.3, 0.4) is 0 Å². The van der Waals surface area contributed by atoms with Crippen LogP contribution in [0.4, 0.5) is 14.5 Å². The molecule has 1 fully saturated rings. The predicted octanol–water partition coefficient (Wildman–Crippen LogP) is 5.96. The van der Waals surface area contributed by atoms with E-state index < -0.39 is 6.43 Å². The van der Waals surface area contributed by atoms with Gasteiger partial charge in [-0.05, 0) is 40.8 Å². The Morgan fingerprint density at radius 3 is 2.32 bits per heavy atom. The highest BCUT2D eigenvalue weighted by Gasteiger charge is 2.23. The highest BCUT2D eigenvalue weighted by atomic mass is 32.2. The number of hydrogen-bond acceptors (Lipinski definition) is 7. The highest BCUT2D eigenvalue weighted by molar-refractivity contribution is 7.99. The lowest BCUT2D eigenvalue weighted by Gasteiger charge is -2.37. The molecule has 0 spiro atoms. The summed E-state index contributed by atoms with van der Waals surface area (Å²) < 4.78 is 27.9. The van der Waals surface area contributed by atoms with E-state index in [4.69, 9.17) is 0 Å². The van der Waals surface area contributed by atoms with Crippen molar-refractivity contribution in [2.75, 3.05) is 42.6 Å². The molecule has 3 aliphatic rings. The Balaban J connectivity index is 1.34. The topological polar surface area (TPSA) is 34.4 Å². The van der Waals surface area contributed by atoms with Gasteiger partial charge in [-0.15, -0.1) is 0 Å². The van der Waals surface area contributed by atoms with E-state index in [1.165, 1.54) is 11.1 Å². The van der Waals surface area contributed by atoms with Gasteiger partial charge in [0.25, 0.3) is 6.43 Å². The minimum Gasteiger partial charge on any atom is -0.357 e. The maximum Gasteiger partial charge on any atom is 0.278 e. The predicted molar refractivity (Wildman–Crippen MR) is 155 cm³/mol. The molecule has 5 nitrogen and oxygen atoms in total. The molecule has 0 aliphatic carbocycles. The molecule has 3 heterocycles. The van der Waals surface area contributed by atoms with E-state index >= 15 is 0 Å². The Kier molecular flexibility index (Phi) is 8.32. The molecule has 2 aromatic carbocycles. The van der Waals surface area contributed by atoms with Crippen LogP contribution in [0.5, 0.6) is 0 Å². The molecule has 37 heavy (non-hydrogen) atoms. The van der Waals surface area contributed by atoms with E-state index in [1.807, 2.05) is 40.3 Å². The van der Waals surface area contributed by atoms with Crippen LogP contribution in [0.15, 0.2) is 77.2 Å². The molecule has 0 saturated carbocycles. The number of hydrogen-bond donors (Lipinski definition) is 1. The number of thiol groups is 1. The highest BCUT2D eigenvalue weighted by Crippen LogP contribution is 2.29. The van der Waals surface area contributed by atoms with Gasteiger partial charge in [-0.25, -0.2) is 13.1 Å². The number of benzene rings is 2. The molecule has 0 N–H and O–H groups in total. The monoisotopic (exact) mass is 539 g/mol. The maximum absolute atomic E-state index is 12.9. The molecule has 194 valence electrons. The summed E-state index contributed by atoms with van der Waals surface area (Å²) in [5.41, 5.74) is 6.05. The fraction of sp³-hybridized carbons (Fsp3) is 0.357. The van der Waals surface area contributed by atoms with Crippen molar-refractivity contribution in [3.63, 3.8) is 0 Å². The first kappa shape index (κ1) is 26.0. The van der Waals surface area contributed by atoms with Crippen LogP contribution in [0.25, 0.3) is 5.57 Å². The normalized spacial score (nSPS) is 18.5. The number of anilines is 1. The molecular weight excluding hydrogens is 508 g/mol. The second-order valence-electron chi connectivity index (χ2n) is 9.35. The lowest BCUT2D eigenvalue weighted by atomic mass is 10.00. The molecule has 0 aromatic heterocycles. The Morgan fingerprint density at radius 1 is 1.00 bits per heavy atom. The van der Waals surface area contributed by atoms with Crippen molar-refractivity contribution >= 4 is 47.3 Å². The van der Waals surface area contributed by atoms with E-state index in [0.717, 1.165) is 66.7 Å². The summed E-state index contributed by atoms with van der Waals surface area (Å²) in [5, 5.41) is 7.61. The zero-order chi connectivity index (χ0) is 25.8. The molecular formula is C28H31F2N5S2. The van der Waals surface area contributed by atoms with E-state index in [9.17, 15) is 8.78 Å². The lowest BCUT2D eigenvalue weighted by molar-refractivity contribution is 0.224. The van der Waals surface area contributed by atoms with Crippen molar-refractivity contribution in [3.8, 4) is 0 Å². The van der Waals surface area contributed by atoms with Gasteiger partial charge in [-0.2, -0.15) is 22.0 Å². The molecule has 1 saturated heterocycles.